The Balaban J connectivity index is 1.61. The van der Waals surface area contributed by atoms with Gasteiger partial charge in [0.15, 0.2) is 0 Å². The fourth-order valence-electron chi connectivity index (χ4n) is 4.02. The highest BCUT2D eigenvalue weighted by Gasteiger charge is 2.29. The Bertz CT molecular complexity index is 956. The quantitative estimate of drug-likeness (QED) is 0.680. The number of para-hydroxylation sites is 1. The summed E-state index contributed by atoms with van der Waals surface area (Å²) in [7, 11) is 3.24. The van der Waals surface area contributed by atoms with Gasteiger partial charge in [-0.05, 0) is 37.6 Å². The molecule has 0 aliphatic carbocycles. The number of hydrogen-bond acceptors (Lipinski definition) is 4. The van der Waals surface area contributed by atoms with Crippen LogP contribution in [0.2, 0.25) is 0 Å². The van der Waals surface area contributed by atoms with Gasteiger partial charge in [-0.25, -0.2) is 4.39 Å². The van der Waals surface area contributed by atoms with E-state index in [1.807, 2.05) is 18.2 Å². The van der Waals surface area contributed by atoms with E-state index in [1.165, 1.54) is 18.7 Å². The van der Waals surface area contributed by atoms with Crippen molar-refractivity contribution in [2.75, 3.05) is 20.8 Å². The number of rotatable bonds is 6. The van der Waals surface area contributed by atoms with E-state index >= 15 is 0 Å². The lowest BCUT2D eigenvalue weighted by Gasteiger charge is -2.26. The molecule has 0 amide bonds. The zero-order valence-electron chi connectivity index (χ0n) is 16.1. The lowest BCUT2D eigenvalue weighted by atomic mass is 10.0. The van der Waals surface area contributed by atoms with Crippen LogP contribution in [-0.4, -0.2) is 35.9 Å². The van der Waals surface area contributed by atoms with Crippen molar-refractivity contribution >= 4 is 0 Å². The van der Waals surface area contributed by atoms with Gasteiger partial charge in [-0.1, -0.05) is 18.2 Å². The molecule has 0 bridgehead atoms. The van der Waals surface area contributed by atoms with Gasteiger partial charge in [-0.3, -0.25) is 10.00 Å². The first-order valence-corrected chi connectivity index (χ1v) is 9.44. The van der Waals surface area contributed by atoms with Crippen LogP contribution in [0, 0.1) is 5.82 Å². The van der Waals surface area contributed by atoms with Gasteiger partial charge in [0, 0.05) is 35.3 Å². The zero-order valence-corrected chi connectivity index (χ0v) is 16.1. The molecule has 1 N–H and O–H groups in total. The Labute approximate surface area is 164 Å². The van der Waals surface area contributed by atoms with Crippen molar-refractivity contribution in [2.45, 2.75) is 25.4 Å². The molecule has 2 aromatic carbocycles. The predicted molar refractivity (Wildman–Crippen MR) is 106 cm³/mol. The summed E-state index contributed by atoms with van der Waals surface area (Å²) in [6.45, 7) is 1.68. The number of H-pyrrole nitrogens is 1. The van der Waals surface area contributed by atoms with Crippen molar-refractivity contribution in [3.63, 3.8) is 0 Å². The molecule has 1 saturated heterocycles. The topological polar surface area (TPSA) is 50.4 Å². The minimum atomic E-state index is -0.326. The third-order valence-electron chi connectivity index (χ3n) is 5.40. The fraction of sp³-hybridized carbons (Fsp3) is 0.318. The molecule has 6 heteroatoms. The van der Waals surface area contributed by atoms with E-state index in [1.54, 1.807) is 25.4 Å². The SMILES string of the molecule is COc1ccc(-c2[nH]ncc2CN2CCC[C@H]2c2ccccc2OC)c(F)c1. The summed E-state index contributed by atoms with van der Waals surface area (Å²) < 4.78 is 25.2. The standard InChI is InChI=1S/C22H24FN3O2/c1-27-16-9-10-17(19(23)12-16)22-15(13-24-25-22)14-26-11-5-7-20(26)18-6-3-4-8-21(18)28-2/h3-4,6,8-10,12-13,20H,5,7,11,14H2,1-2H3,(H,24,25)/t20-/m0/s1. The van der Waals surface area contributed by atoms with Gasteiger partial charge < -0.3 is 9.47 Å². The average Bonchev–Trinajstić information content (AvgIpc) is 3.37. The monoisotopic (exact) mass is 381 g/mol. The van der Waals surface area contributed by atoms with Gasteiger partial charge in [0.05, 0.1) is 26.1 Å². The van der Waals surface area contributed by atoms with Gasteiger partial charge in [-0.15, -0.1) is 0 Å². The minimum Gasteiger partial charge on any atom is -0.497 e. The highest BCUT2D eigenvalue weighted by Crippen LogP contribution is 2.38. The van der Waals surface area contributed by atoms with Crippen LogP contribution in [0.3, 0.4) is 0 Å². The molecule has 1 aliphatic heterocycles. The van der Waals surface area contributed by atoms with Crippen LogP contribution in [-0.2, 0) is 6.54 Å². The van der Waals surface area contributed by atoms with Gasteiger partial charge in [0.2, 0.25) is 0 Å². The molecule has 28 heavy (non-hydrogen) atoms. The predicted octanol–water partition coefficient (Wildman–Crippen LogP) is 4.57. The molecule has 0 radical (unpaired) electrons. The van der Waals surface area contributed by atoms with E-state index in [0.29, 0.717) is 23.6 Å². The van der Waals surface area contributed by atoms with Crippen LogP contribution in [0.25, 0.3) is 11.3 Å². The van der Waals surface area contributed by atoms with Gasteiger partial charge in [0.1, 0.15) is 17.3 Å². The molecular formula is C22H24FN3O2. The number of methoxy groups -OCH3 is 2. The Morgan fingerprint density at radius 1 is 1.18 bits per heavy atom. The van der Waals surface area contributed by atoms with Crippen LogP contribution < -0.4 is 9.47 Å². The van der Waals surface area contributed by atoms with Crippen LogP contribution in [0.5, 0.6) is 11.5 Å². The second-order valence-corrected chi connectivity index (χ2v) is 6.99. The van der Waals surface area contributed by atoms with Crippen LogP contribution in [0.15, 0.2) is 48.7 Å². The maximum absolute atomic E-state index is 14.6. The zero-order chi connectivity index (χ0) is 19.5. The van der Waals surface area contributed by atoms with Crippen LogP contribution in [0.1, 0.15) is 30.0 Å². The molecule has 0 saturated carbocycles. The second-order valence-electron chi connectivity index (χ2n) is 6.99. The molecule has 0 unspecified atom stereocenters. The second kappa shape index (κ2) is 8.02. The number of nitrogens with one attached hydrogen (secondary N) is 1. The number of hydrogen-bond donors (Lipinski definition) is 1. The van der Waals surface area contributed by atoms with Gasteiger partial charge in [-0.2, -0.15) is 5.10 Å². The van der Waals surface area contributed by atoms with Crippen LogP contribution in [0.4, 0.5) is 4.39 Å². The molecular weight excluding hydrogens is 357 g/mol. The minimum absolute atomic E-state index is 0.277. The Morgan fingerprint density at radius 3 is 2.82 bits per heavy atom. The fourth-order valence-corrected chi connectivity index (χ4v) is 4.02. The van der Waals surface area contributed by atoms with Gasteiger partial charge >= 0.3 is 0 Å². The number of halogens is 1. The number of likely N-dealkylation sites (tertiary alicyclic amines) is 1. The largest absolute Gasteiger partial charge is 0.497 e. The van der Waals surface area contributed by atoms with Gasteiger partial charge in [0.25, 0.3) is 0 Å². The molecule has 1 aliphatic rings. The third kappa shape index (κ3) is 3.47. The van der Waals surface area contributed by atoms with E-state index < -0.39 is 0 Å². The maximum Gasteiger partial charge on any atom is 0.136 e. The molecule has 1 atom stereocenters. The molecule has 146 valence electrons. The normalized spacial score (nSPS) is 17.0. The molecule has 1 aromatic heterocycles. The van der Waals surface area contributed by atoms with E-state index in [-0.39, 0.29) is 11.9 Å². The van der Waals surface area contributed by atoms with E-state index in [4.69, 9.17) is 9.47 Å². The summed E-state index contributed by atoms with van der Waals surface area (Å²) >= 11 is 0. The van der Waals surface area contributed by atoms with E-state index in [2.05, 4.69) is 21.2 Å². The summed E-state index contributed by atoms with van der Waals surface area (Å²) in [6, 6.07) is 13.3. The first kappa shape index (κ1) is 18.5. The molecule has 4 rings (SSSR count). The molecule has 2 heterocycles. The van der Waals surface area contributed by atoms with Crippen molar-refractivity contribution in [1.82, 2.24) is 15.1 Å². The summed E-state index contributed by atoms with van der Waals surface area (Å²) in [5.74, 6) is 1.08. The van der Waals surface area contributed by atoms with E-state index in [9.17, 15) is 4.39 Å². The third-order valence-corrected chi connectivity index (χ3v) is 5.40. The lowest BCUT2D eigenvalue weighted by molar-refractivity contribution is 0.243. The Kier molecular flexibility index (Phi) is 5.30. The number of aromatic amines is 1. The first-order valence-electron chi connectivity index (χ1n) is 9.44. The van der Waals surface area contributed by atoms with Crippen molar-refractivity contribution < 1.29 is 13.9 Å². The molecule has 5 nitrogen and oxygen atoms in total. The highest BCUT2D eigenvalue weighted by atomic mass is 19.1. The smallest absolute Gasteiger partial charge is 0.136 e. The van der Waals surface area contributed by atoms with Crippen molar-refractivity contribution in [3.05, 3.63) is 65.6 Å². The number of benzene rings is 2. The van der Waals surface area contributed by atoms with E-state index in [0.717, 1.165) is 30.7 Å². The van der Waals surface area contributed by atoms with Crippen molar-refractivity contribution in [2.24, 2.45) is 0 Å². The number of nitrogens with zero attached hydrogens (tertiary/aromatic N) is 2. The molecule has 3 aromatic rings. The molecule has 0 spiro atoms. The first-order chi connectivity index (χ1) is 13.7. The number of aromatic nitrogens is 2. The Hall–Kier alpha value is -2.86. The summed E-state index contributed by atoms with van der Waals surface area (Å²) in [5, 5.41) is 7.15. The number of ether oxygens (including phenoxy) is 2. The van der Waals surface area contributed by atoms with Crippen LogP contribution >= 0.6 is 0 Å². The van der Waals surface area contributed by atoms with Crippen molar-refractivity contribution in [1.29, 1.82) is 0 Å². The molecule has 1 fully saturated rings. The average molecular weight is 381 g/mol. The summed E-state index contributed by atoms with van der Waals surface area (Å²) in [5.41, 5.74) is 3.39. The summed E-state index contributed by atoms with van der Waals surface area (Å²) in [4.78, 5) is 2.41. The Morgan fingerprint density at radius 2 is 2.04 bits per heavy atom. The summed E-state index contributed by atoms with van der Waals surface area (Å²) in [6.07, 6.45) is 3.98. The van der Waals surface area contributed by atoms with Crippen molar-refractivity contribution in [3.8, 4) is 22.8 Å². The maximum atomic E-state index is 14.6. The highest BCUT2D eigenvalue weighted by molar-refractivity contribution is 5.64. The lowest BCUT2D eigenvalue weighted by Crippen LogP contribution is -2.23.